The molecule has 0 radical (unpaired) electrons. The van der Waals surface area contributed by atoms with Crippen molar-refractivity contribution in [2.24, 2.45) is 0 Å². The molecule has 2 nitrogen and oxygen atoms in total. The molecular weight excluding hydrogens is 274 g/mol. The van der Waals surface area contributed by atoms with Crippen molar-refractivity contribution in [1.82, 2.24) is 4.90 Å². The molecule has 0 aromatic carbocycles. The summed E-state index contributed by atoms with van der Waals surface area (Å²) in [6.07, 6.45) is 10.5. The third-order valence-electron chi connectivity index (χ3n) is 2.53. The Bertz CT molecular complexity index is 360. The quantitative estimate of drug-likeness (QED) is 0.585. The third-order valence-corrected chi connectivity index (χ3v) is 4.40. The molecule has 15 heavy (non-hydrogen) atoms. The van der Waals surface area contributed by atoms with E-state index in [2.05, 4.69) is 33.1 Å². The summed E-state index contributed by atoms with van der Waals surface area (Å²) in [7, 11) is -0.801. The van der Waals surface area contributed by atoms with E-state index in [-0.39, 0.29) is 0 Å². The highest BCUT2D eigenvalue weighted by atomic mass is 79.9. The van der Waals surface area contributed by atoms with E-state index in [0.29, 0.717) is 5.75 Å². The van der Waals surface area contributed by atoms with Gasteiger partial charge in [-0.3, -0.25) is 4.21 Å². The van der Waals surface area contributed by atoms with Gasteiger partial charge in [-0.05, 0) is 31.1 Å². The molecule has 2 rings (SSSR count). The highest BCUT2D eigenvalue weighted by Crippen LogP contribution is 2.28. The molecule has 0 saturated carbocycles. The maximum absolute atomic E-state index is 11.6. The Hall–Kier alpha value is -0.350. The standard InChI is InChI=1S/C11H14BrNOS/c12-6-1-2-7-13-8-3-4-11-10(13)5-9-15(11)14/h3-5,8H,1-2,6-7,9H2. The van der Waals surface area contributed by atoms with Gasteiger partial charge < -0.3 is 4.90 Å². The third kappa shape index (κ3) is 2.42. The fourth-order valence-corrected chi connectivity index (χ4v) is 3.32. The monoisotopic (exact) mass is 287 g/mol. The lowest BCUT2D eigenvalue weighted by Gasteiger charge is -2.24. The first-order valence-electron chi connectivity index (χ1n) is 5.13. The van der Waals surface area contributed by atoms with E-state index in [0.717, 1.165) is 28.9 Å². The molecule has 0 fully saturated rings. The Balaban J connectivity index is 2.01. The Kier molecular flexibility index (Phi) is 3.81. The lowest BCUT2D eigenvalue weighted by atomic mass is 10.2. The van der Waals surface area contributed by atoms with Gasteiger partial charge in [0.1, 0.15) is 0 Å². The molecule has 2 heterocycles. The Labute approximate surface area is 101 Å². The van der Waals surface area contributed by atoms with Crippen molar-refractivity contribution in [3.05, 3.63) is 35.0 Å². The van der Waals surface area contributed by atoms with E-state index in [1.807, 2.05) is 12.2 Å². The van der Waals surface area contributed by atoms with Crippen LogP contribution in [0.4, 0.5) is 0 Å². The van der Waals surface area contributed by atoms with Crippen molar-refractivity contribution < 1.29 is 4.21 Å². The number of hydrogen-bond donors (Lipinski definition) is 0. The zero-order valence-electron chi connectivity index (χ0n) is 8.49. The topological polar surface area (TPSA) is 20.3 Å². The highest BCUT2D eigenvalue weighted by molar-refractivity contribution is 9.09. The highest BCUT2D eigenvalue weighted by Gasteiger charge is 2.23. The predicted octanol–water partition coefficient (Wildman–Crippen LogP) is 2.52. The van der Waals surface area contributed by atoms with Gasteiger partial charge in [-0.15, -0.1) is 0 Å². The molecule has 1 unspecified atom stereocenters. The van der Waals surface area contributed by atoms with E-state index in [9.17, 15) is 4.21 Å². The number of nitrogens with zero attached hydrogens (tertiary/aromatic N) is 1. The van der Waals surface area contributed by atoms with Crippen LogP contribution in [0.5, 0.6) is 0 Å². The Morgan fingerprint density at radius 1 is 1.47 bits per heavy atom. The van der Waals surface area contributed by atoms with Crippen LogP contribution < -0.4 is 0 Å². The number of fused-ring (bicyclic) bond motifs is 1. The Morgan fingerprint density at radius 3 is 3.13 bits per heavy atom. The molecule has 2 aliphatic heterocycles. The second-order valence-corrected chi connectivity index (χ2v) is 5.82. The van der Waals surface area contributed by atoms with E-state index in [4.69, 9.17) is 0 Å². The lowest BCUT2D eigenvalue weighted by molar-refractivity contribution is 0.458. The average molecular weight is 288 g/mol. The number of allylic oxidation sites excluding steroid dienone is 2. The zero-order valence-corrected chi connectivity index (χ0v) is 10.9. The van der Waals surface area contributed by atoms with Gasteiger partial charge in [0.25, 0.3) is 0 Å². The summed E-state index contributed by atoms with van der Waals surface area (Å²) in [5.74, 6) is 0.678. The van der Waals surface area contributed by atoms with Crippen molar-refractivity contribution in [2.75, 3.05) is 17.6 Å². The molecule has 0 amide bonds. The van der Waals surface area contributed by atoms with Gasteiger partial charge >= 0.3 is 0 Å². The second kappa shape index (κ2) is 5.12. The van der Waals surface area contributed by atoms with Gasteiger partial charge in [0.15, 0.2) is 0 Å². The second-order valence-electron chi connectivity index (χ2n) is 3.56. The van der Waals surface area contributed by atoms with E-state index < -0.39 is 10.8 Å². The van der Waals surface area contributed by atoms with E-state index in [1.54, 1.807) is 0 Å². The first-order valence-corrected chi connectivity index (χ1v) is 7.57. The zero-order chi connectivity index (χ0) is 10.7. The van der Waals surface area contributed by atoms with Gasteiger partial charge in [0, 0.05) is 23.8 Å². The fraction of sp³-hybridized carbons (Fsp3) is 0.455. The minimum Gasteiger partial charge on any atom is -0.347 e. The average Bonchev–Trinajstić information content (AvgIpc) is 2.62. The molecule has 0 saturated heterocycles. The molecule has 0 bridgehead atoms. The van der Waals surface area contributed by atoms with Crippen molar-refractivity contribution in [3.8, 4) is 0 Å². The normalized spacial score (nSPS) is 23.8. The summed E-state index contributed by atoms with van der Waals surface area (Å²) >= 11 is 3.43. The van der Waals surface area contributed by atoms with Crippen LogP contribution in [0.2, 0.25) is 0 Å². The first kappa shape index (κ1) is 11.1. The maximum Gasteiger partial charge on any atom is 0.0625 e. The van der Waals surface area contributed by atoms with Crippen LogP contribution in [0.1, 0.15) is 12.8 Å². The van der Waals surface area contributed by atoms with Crippen LogP contribution >= 0.6 is 15.9 Å². The van der Waals surface area contributed by atoms with Crippen LogP contribution in [0.15, 0.2) is 35.0 Å². The van der Waals surface area contributed by atoms with Crippen molar-refractivity contribution in [1.29, 1.82) is 0 Å². The van der Waals surface area contributed by atoms with Gasteiger partial charge in [-0.2, -0.15) is 0 Å². The number of rotatable bonds is 4. The molecule has 1 atom stereocenters. The Morgan fingerprint density at radius 2 is 2.33 bits per heavy atom. The minimum atomic E-state index is -0.801. The summed E-state index contributed by atoms with van der Waals surface area (Å²) in [4.78, 5) is 3.21. The number of unbranched alkanes of at least 4 members (excludes halogenated alkanes) is 1. The van der Waals surface area contributed by atoms with E-state index in [1.165, 1.54) is 6.42 Å². The molecule has 0 N–H and O–H groups in total. The summed E-state index contributed by atoms with van der Waals surface area (Å²) in [5.41, 5.74) is 1.16. The maximum atomic E-state index is 11.6. The molecule has 0 aliphatic carbocycles. The van der Waals surface area contributed by atoms with Crippen molar-refractivity contribution >= 4 is 26.7 Å². The molecular formula is C11H14BrNOS. The van der Waals surface area contributed by atoms with Crippen LogP contribution in [0, 0.1) is 0 Å². The SMILES string of the molecule is O=S1CC=C2C1=CC=CN2CCCCBr. The molecule has 2 aliphatic rings. The summed E-state index contributed by atoms with van der Waals surface area (Å²) in [6.45, 7) is 1.02. The smallest absolute Gasteiger partial charge is 0.0625 e. The van der Waals surface area contributed by atoms with Gasteiger partial charge in [-0.1, -0.05) is 15.9 Å². The molecule has 0 aromatic rings. The van der Waals surface area contributed by atoms with Crippen LogP contribution in [0.3, 0.4) is 0 Å². The van der Waals surface area contributed by atoms with Crippen LogP contribution in [-0.2, 0) is 10.8 Å². The van der Waals surface area contributed by atoms with Crippen LogP contribution in [0.25, 0.3) is 0 Å². The largest absolute Gasteiger partial charge is 0.347 e. The van der Waals surface area contributed by atoms with E-state index >= 15 is 0 Å². The van der Waals surface area contributed by atoms with Crippen molar-refractivity contribution in [3.63, 3.8) is 0 Å². The van der Waals surface area contributed by atoms with Crippen LogP contribution in [-0.4, -0.2) is 26.7 Å². The summed E-state index contributed by atoms with van der Waals surface area (Å²) in [6, 6.07) is 0. The lowest BCUT2D eigenvalue weighted by Crippen LogP contribution is -2.20. The predicted molar refractivity (Wildman–Crippen MR) is 68.0 cm³/mol. The fourth-order valence-electron chi connectivity index (χ4n) is 1.77. The first-order chi connectivity index (χ1) is 7.33. The number of alkyl halides is 1. The molecule has 0 spiro atoms. The minimum absolute atomic E-state index is 0.678. The molecule has 0 aromatic heterocycles. The molecule has 4 heteroatoms. The van der Waals surface area contributed by atoms with Gasteiger partial charge in [0.05, 0.1) is 21.4 Å². The summed E-state index contributed by atoms with van der Waals surface area (Å²) < 4.78 is 11.6. The van der Waals surface area contributed by atoms with Crippen molar-refractivity contribution in [2.45, 2.75) is 12.8 Å². The number of halogens is 1. The summed E-state index contributed by atoms with van der Waals surface area (Å²) in [5, 5.41) is 1.05. The molecule has 82 valence electrons. The number of hydrogen-bond acceptors (Lipinski definition) is 2. The van der Waals surface area contributed by atoms with Gasteiger partial charge in [-0.25, -0.2) is 0 Å². The van der Waals surface area contributed by atoms with Gasteiger partial charge in [0.2, 0.25) is 0 Å².